The summed E-state index contributed by atoms with van der Waals surface area (Å²) in [5, 5.41) is 8.22. The molecule has 4 nitrogen and oxygen atoms in total. The third-order valence-electron chi connectivity index (χ3n) is 2.23. The van der Waals surface area contributed by atoms with Crippen molar-refractivity contribution in [2.24, 2.45) is 0 Å². The number of H-pyrrole nitrogens is 1. The number of hydrogen-bond donors (Lipinski definition) is 1. The molecule has 0 atom stereocenters. The molecule has 0 saturated heterocycles. The van der Waals surface area contributed by atoms with Crippen LogP contribution in [0, 0.1) is 0 Å². The maximum atomic E-state index is 10.7. The average molecular weight is 247 g/mol. The molecule has 17 heavy (non-hydrogen) atoms. The third kappa shape index (κ3) is 3.17. The van der Waals surface area contributed by atoms with Crippen LogP contribution >= 0.6 is 11.8 Å². The first-order chi connectivity index (χ1) is 8.27. The molecule has 0 saturated carbocycles. The van der Waals surface area contributed by atoms with Crippen molar-refractivity contribution >= 4 is 34.0 Å². The Bertz CT molecular complexity index is 547. The molecule has 2 heterocycles. The lowest BCUT2D eigenvalue weighted by Crippen LogP contribution is -1.83. The molecule has 0 aromatic carbocycles. The number of carbonyl (C=O) groups excluding carboxylic acids is 1. The van der Waals surface area contributed by atoms with Gasteiger partial charge >= 0.3 is 0 Å². The molecule has 0 unspecified atom stereocenters. The van der Waals surface area contributed by atoms with Gasteiger partial charge in [-0.3, -0.25) is 9.89 Å². The lowest BCUT2D eigenvalue weighted by molar-refractivity contribution is -0.109. The number of rotatable bonds is 4. The first-order valence-electron chi connectivity index (χ1n) is 5.36. The van der Waals surface area contributed by atoms with Crippen LogP contribution in [0.25, 0.3) is 17.1 Å². The van der Waals surface area contributed by atoms with E-state index in [1.54, 1.807) is 13.1 Å². The lowest BCUT2D eigenvalue weighted by atomic mass is 10.2. The molecule has 0 radical (unpaired) electrons. The van der Waals surface area contributed by atoms with Gasteiger partial charge in [-0.05, 0) is 24.6 Å². The van der Waals surface area contributed by atoms with E-state index in [2.05, 4.69) is 15.2 Å². The van der Waals surface area contributed by atoms with Crippen molar-refractivity contribution in [2.75, 3.05) is 5.75 Å². The number of thioether (sulfide) groups is 1. The van der Waals surface area contributed by atoms with Crippen LogP contribution in [0.4, 0.5) is 0 Å². The number of aromatic amines is 1. The van der Waals surface area contributed by atoms with Crippen LogP contribution in [0.5, 0.6) is 0 Å². The predicted molar refractivity (Wildman–Crippen MR) is 70.7 cm³/mol. The fraction of sp³-hybridized carbons (Fsp3) is 0.250. The maximum Gasteiger partial charge on any atom is 0.185 e. The Hall–Kier alpha value is -1.62. The summed E-state index contributed by atoms with van der Waals surface area (Å²) < 4.78 is 0. The first-order valence-corrected chi connectivity index (χ1v) is 6.35. The Labute approximate surface area is 104 Å². The molecule has 0 fully saturated rings. The molecule has 88 valence electrons. The van der Waals surface area contributed by atoms with Crippen LogP contribution < -0.4 is 0 Å². The third-order valence-corrected chi connectivity index (χ3v) is 3.08. The van der Waals surface area contributed by atoms with E-state index < -0.39 is 0 Å². The molecule has 0 aliphatic heterocycles. The molecular formula is C12H13N3OS. The molecule has 0 amide bonds. The van der Waals surface area contributed by atoms with Crippen molar-refractivity contribution in [1.29, 1.82) is 0 Å². The van der Waals surface area contributed by atoms with Gasteiger partial charge in [0.05, 0.1) is 5.69 Å². The topological polar surface area (TPSA) is 58.6 Å². The van der Waals surface area contributed by atoms with Gasteiger partial charge in [-0.15, -0.1) is 0 Å². The Kier molecular flexibility index (Phi) is 3.93. The molecule has 2 aromatic heterocycles. The van der Waals surface area contributed by atoms with E-state index in [9.17, 15) is 4.79 Å². The van der Waals surface area contributed by atoms with Crippen LogP contribution in [0.15, 0.2) is 24.4 Å². The Morgan fingerprint density at radius 1 is 1.59 bits per heavy atom. The van der Waals surface area contributed by atoms with E-state index >= 15 is 0 Å². The molecule has 0 bridgehead atoms. The minimum Gasteiger partial charge on any atom is -0.288 e. The van der Waals surface area contributed by atoms with Crippen molar-refractivity contribution in [3.63, 3.8) is 0 Å². The van der Waals surface area contributed by atoms with Gasteiger partial charge in [0.25, 0.3) is 0 Å². The molecule has 0 aliphatic rings. The molecule has 0 aliphatic carbocycles. The standard InChI is InChI=1S/C12H13N3OS/c1-9(16)17-8-3-2-6-11-10-5-4-7-13-12(10)15-14-11/h2,4-7H,3,8H2,1H3,(H,13,14,15). The maximum absolute atomic E-state index is 10.7. The van der Waals surface area contributed by atoms with Crippen LogP contribution in [-0.2, 0) is 4.79 Å². The lowest BCUT2D eigenvalue weighted by Gasteiger charge is -1.91. The first kappa shape index (κ1) is 11.9. The van der Waals surface area contributed by atoms with Crippen molar-refractivity contribution < 1.29 is 4.79 Å². The Morgan fingerprint density at radius 3 is 3.29 bits per heavy atom. The number of aromatic nitrogens is 3. The zero-order valence-electron chi connectivity index (χ0n) is 9.51. The highest BCUT2D eigenvalue weighted by molar-refractivity contribution is 8.13. The summed E-state index contributed by atoms with van der Waals surface area (Å²) in [6.07, 6.45) is 6.61. The fourth-order valence-electron chi connectivity index (χ4n) is 1.47. The van der Waals surface area contributed by atoms with E-state index in [0.717, 1.165) is 28.9 Å². The Balaban J connectivity index is 1.98. The fourth-order valence-corrected chi connectivity index (χ4v) is 2.01. The summed E-state index contributed by atoms with van der Waals surface area (Å²) in [7, 11) is 0. The summed E-state index contributed by atoms with van der Waals surface area (Å²) in [4.78, 5) is 14.9. The second-order valence-corrected chi connectivity index (χ2v) is 4.81. The van der Waals surface area contributed by atoms with Crippen molar-refractivity contribution in [3.8, 4) is 0 Å². The van der Waals surface area contributed by atoms with E-state index in [-0.39, 0.29) is 5.12 Å². The van der Waals surface area contributed by atoms with Crippen molar-refractivity contribution in [3.05, 3.63) is 30.1 Å². The highest BCUT2D eigenvalue weighted by Gasteiger charge is 2.01. The highest BCUT2D eigenvalue weighted by atomic mass is 32.2. The van der Waals surface area contributed by atoms with Gasteiger partial charge in [-0.2, -0.15) is 5.10 Å². The van der Waals surface area contributed by atoms with Gasteiger partial charge in [-0.25, -0.2) is 4.98 Å². The zero-order valence-corrected chi connectivity index (χ0v) is 10.3. The molecular weight excluding hydrogens is 234 g/mol. The van der Waals surface area contributed by atoms with Crippen LogP contribution in [0.2, 0.25) is 0 Å². The van der Waals surface area contributed by atoms with E-state index in [0.29, 0.717) is 0 Å². The summed E-state index contributed by atoms with van der Waals surface area (Å²) in [5.74, 6) is 0.816. The van der Waals surface area contributed by atoms with Gasteiger partial charge in [0.15, 0.2) is 10.8 Å². The predicted octanol–water partition coefficient (Wildman–Crippen LogP) is 2.64. The van der Waals surface area contributed by atoms with E-state index in [1.807, 2.05) is 24.3 Å². The minimum atomic E-state index is 0.162. The second-order valence-electron chi connectivity index (χ2n) is 3.54. The van der Waals surface area contributed by atoms with Crippen LogP contribution in [-0.4, -0.2) is 26.0 Å². The van der Waals surface area contributed by atoms with E-state index in [4.69, 9.17) is 0 Å². The minimum absolute atomic E-state index is 0.162. The summed E-state index contributed by atoms with van der Waals surface area (Å²) >= 11 is 1.34. The van der Waals surface area contributed by atoms with Gasteiger partial charge < -0.3 is 0 Å². The van der Waals surface area contributed by atoms with Crippen molar-refractivity contribution in [2.45, 2.75) is 13.3 Å². The second kappa shape index (κ2) is 5.63. The molecule has 2 aromatic rings. The quantitative estimate of drug-likeness (QED) is 0.844. The van der Waals surface area contributed by atoms with Gasteiger partial charge in [-0.1, -0.05) is 17.8 Å². The normalized spacial score (nSPS) is 11.4. The molecule has 5 heteroatoms. The smallest absolute Gasteiger partial charge is 0.185 e. The number of nitrogens with zero attached hydrogens (tertiary/aromatic N) is 2. The number of pyridine rings is 1. The number of nitrogens with one attached hydrogen (secondary N) is 1. The summed E-state index contributed by atoms with van der Waals surface area (Å²) in [5.41, 5.74) is 1.69. The van der Waals surface area contributed by atoms with Gasteiger partial charge in [0.2, 0.25) is 0 Å². The molecule has 0 spiro atoms. The molecule has 2 rings (SSSR count). The van der Waals surface area contributed by atoms with E-state index in [1.165, 1.54) is 11.8 Å². The number of carbonyl (C=O) groups is 1. The highest BCUT2D eigenvalue weighted by Crippen LogP contribution is 2.14. The van der Waals surface area contributed by atoms with Gasteiger partial charge in [0.1, 0.15) is 0 Å². The SMILES string of the molecule is CC(=O)SCCC=Cc1[nH]nc2ncccc12. The summed E-state index contributed by atoms with van der Waals surface area (Å²) in [6, 6.07) is 3.87. The Morgan fingerprint density at radius 2 is 2.47 bits per heavy atom. The van der Waals surface area contributed by atoms with Crippen LogP contribution in [0.1, 0.15) is 19.0 Å². The monoisotopic (exact) mass is 247 g/mol. The number of hydrogen-bond acceptors (Lipinski definition) is 4. The summed E-state index contributed by atoms with van der Waals surface area (Å²) in [6.45, 7) is 1.59. The van der Waals surface area contributed by atoms with Gasteiger partial charge in [0, 0.05) is 24.3 Å². The van der Waals surface area contributed by atoms with Crippen LogP contribution in [0.3, 0.4) is 0 Å². The average Bonchev–Trinajstić information content (AvgIpc) is 2.72. The number of fused-ring (bicyclic) bond motifs is 1. The molecule has 1 N–H and O–H groups in total. The zero-order chi connectivity index (χ0) is 12.1. The number of allylic oxidation sites excluding steroid dienone is 1. The largest absolute Gasteiger partial charge is 0.288 e. The van der Waals surface area contributed by atoms with Crippen molar-refractivity contribution in [1.82, 2.24) is 15.2 Å².